The van der Waals surface area contributed by atoms with Crippen molar-refractivity contribution in [2.24, 2.45) is 0 Å². The smallest absolute Gasteiger partial charge is 0.184 e. The molecule has 0 aliphatic rings. The first-order valence-electron chi connectivity index (χ1n) is 3.25. The lowest BCUT2D eigenvalue weighted by Crippen LogP contribution is -2.42. The molecule has 0 fully saturated rings. The molecular formula is C6H10F2O4. The molecule has 0 unspecified atom stereocenters. The lowest BCUT2D eigenvalue weighted by Gasteiger charge is -2.19. The Morgan fingerprint density at radius 3 is 2.17 bits per heavy atom. The lowest BCUT2D eigenvalue weighted by molar-refractivity contribution is -0.120. The number of halogens is 2. The van der Waals surface area contributed by atoms with Gasteiger partial charge in [-0.25, -0.2) is 8.78 Å². The highest BCUT2D eigenvalue weighted by Crippen LogP contribution is 2.09. The van der Waals surface area contributed by atoms with E-state index in [0.717, 1.165) is 0 Å². The monoisotopic (exact) mass is 184 g/mol. The maximum atomic E-state index is 12.6. The zero-order valence-electron chi connectivity index (χ0n) is 6.10. The summed E-state index contributed by atoms with van der Waals surface area (Å²) in [7, 11) is 0. The van der Waals surface area contributed by atoms with Gasteiger partial charge in [0.1, 0.15) is 12.2 Å². The van der Waals surface area contributed by atoms with E-state index in [1.807, 2.05) is 0 Å². The van der Waals surface area contributed by atoms with Crippen molar-refractivity contribution in [3.63, 3.8) is 0 Å². The van der Waals surface area contributed by atoms with E-state index < -0.39 is 31.2 Å². The van der Waals surface area contributed by atoms with Gasteiger partial charge in [0, 0.05) is 0 Å². The summed E-state index contributed by atoms with van der Waals surface area (Å²) in [5.74, 6) is 0. The molecule has 4 atom stereocenters. The van der Waals surface area contributed by atoms with E-state index in [9.17, 15) is 13.6 Å². The quantitative estimate of drug-likeness (QED) is 0.458. The van der Waals surface area contributed by atoms with Gasteiger partial charge in [-0.05, 0) is 0 Å². The Balaban J connectivity index is 4.07. The number of aliphatic hydroxyl groups excluding tert-OH is 3. The molecule has 0 aromatic carbocycles. The number of hydrogen-bond donors (Lipinski definition) is 3. The van der Waals surface area contributed by atoms with Crippen LogP contribution in [0.15, 0.2) is 0 Å². The molecule has 0 bridgehead atoms. The highest BCUT2D eigenvalue weighted by atomic mass is 19.1. The Morgan fingerprint density at radius 2 is 1.83 bits per heavy atom. The number of carbonyl (C=O) groups excluding carboxylic acids is 1. The molecule has 12 heavy (non-hydrogen) atoms. The van der Waals surface area contributed by atoms with Crippen LogP contribution >= 0.6 is 0 Å². The fourth-order valence-electron chi connectivity index (χ4n) is 0.584. The third kappa shape index (κ3) is 2.80. The van der Waals surface area contributed by atoms with Gasteiger partial charge in [0.05, 0.1) is 6.61 Å². The van der Waals surface area contributed by atoms with Crippen LogP contribution in [0.25, 0.3) is 0 Å². The predicted octanol–water partition coefficient (Wildman–Crippen LogP) is -1.42. The van der Waals surface area contributed by atoms with Crippen molar-refractivity contribution < 1.29 is 28.9 Å². The Kier molecular flexibility index (Phi) is 4.87. The SMILES string of the molecule is O=C[C@@H](F)[C@@H](O)[C@@H](F)[C@H](O)CO. The normalized spacial score (nSPS) is 21.1. The van der Waals surface area contributed by atoms with E-state index in [1.165, 1.54) is 0 Å². The van der Waals surface area contributed by atoms with Crippen molar-refractivity contribution in [3.05, 3.63) is 0 Å². The zero-order chi connectivity index (χ0) is 9.72. The van der Waals surface area contributed by atoms with Gasteiger partial charge < -0.3 is 20.1 Å². The molecule has 0 amide bonds. The minimum absolute atomic E-state index is 0.276. The summed E-state index contributed by atoms with van der Waals surface area (Å²) in [6, 6.07) is 0. The average molecular weight is 184 g/mol. The number of hydrogen-bond acceptors (Lipinski definition) is 4. The maximum absolute atomic E-state index is 12.6. The molecule has 0 saturated carbocycles. The van der Waals surface area contributed by atoms with Crippen LogP contribution in [-0.2, 0) is 4.79 Å². The molecule has 72 valence electrons. The number of aldehydes is 1. The van der Waals surface area contributed by atoms with Gasteiger partial charge in [-0.2, -0.15) is 0 Å². The van der Waals surface area contributed by atoms with Crippen molar-refractivity contribution in [2.75, 3.05) is 6.61 Å². The molecule has 0 aromatic heterocycles. The van der Waals surface area contributed by atoms with E-state index in [4.69, 9.17) is 15.3 Å². The molecule has 0 heterocycles. The first kappa shape index (κ1) is 11.4. The Bertz CT molecular complexity index is 144. The standard InChI is InChI=1S/C6H10F2O4/c7-3(1-9)6(12)5(8)4(11)2-10/h1,3-6,10-12H,2H2/t3-,4-,5+,6-/m1/s1. The van der Waals surface area contributed by atoms with Gasteiger partial charge in [0.2, 0.25) is 0 Å². The molecule has 3 N–H and O–H groups in total. The van der Waals surface area contributed by atoms with Crippen molar-refractivity contribution in [1.82, 2.24) is 0 Å². The van der Waals surface area contributed by atoms with Gasteiger partial charge in [0.25, 0.3) is 0 Å². The van der Waals surface area contributed by atoms with Crippen LogP contribution in [0.2, 0.25) is 0 Å². The summed E-state index contributed by atoms with van der Waals surface area (Å²) in [6.07, 6.45) is -9.14. The summed E-state index contributed by atoms with van der Waals surface area (Å²) >= 11 is 0. The number of aliphatic hydroxyl groups is 3. The van der Waals surface area contributed by atoms with Crippen molar-refractivity contribution in [2.45, 2.75) is 24.6 Å². The third-order valence-corrected chi connectivity index (χ3v) is 1.34. The van der Waals surface area contributed by atoms with Gasteiger partial charge in [-0.15, -0.1) is 0 Å². The van der Waals surface area contributed by atoms with Crippen LogP contribution in [0.5, 0.6) is 0 Å². The molecular weight excluding hydrogens is 174 g/mol. The van der Waals surface area contributed by atoms with E-state index in [-0.39, 0.29) is 6.29 Å². The first-order chi connectivity index (χ1) is 5.54. The second-order valence-corrected chi connectivity index (χ2v) is 2.27. The average Bonchev–Trinajstić information content (AvgIpc) is 2.12. The van der Waals surface area contributed by atoms with Crippen LogP contribution < -0.4 is 0 Å². The van der Waals surface area contributed by atoms with E-state index >= 15 is 0 Å². The van der Waals surface area contributed by atoms with E-state index in [0.29, 0.717) is 0 Å². The van der Waals surface area contributed by atoms with Gasteiger partial charge in [-0.1, -0.05) is 0 Å². The lowest BCUT2D eigenvalue weighted by atomic mass is 10.1. The molecule has 6 heteroatoms. The molecule has 0 radical (unpaired) electrons. The summed E-state index contributed by atoms with van der Waals surface area (Å²) in [5.41, 5.74) is 0. The fraction of sp³-hybridized carbons (Fsp3) is 0.833. The predicted molar refractivity (Wildman–Crippen MR) is 35.0 cm³/mol. The largest absolute Gasteiger partial charge is 0.394 e. The fourth-order valence-corrected chi connectivity index (χ4v) is 0.584. The zero-order valence-corrected chi connectivity index (χ0v) is 6.10. The van der Waals surface area contributed by atoms with E-state index in [2.05, 4.69) is 0 Å². The van der Waals surface area contributed by atoms with E-state index in [1.54, 1.807) is 0 Å². The molecule has 0 aliphatic carbocycles. The Hall–Kier alpha value is -0.590. The Morgan fingerprint density at radius 1 is 1.33 bits per heavy atom. The molecule has 0 spiro atoms. The van der Waals surface area contributed by atoms with Crippen LogP contribution in [0.3, 0.4) is 0 Å². The van der Waals surface area contributed by atoms with Gasteiger partial charge >= 0.3 is 0 Å². The topological polar surface area (TPSA) is 77.8 Å². The van der Waals surface area contributed by atoms with Gasteiger partial charge in [0.15, 0.2) is 18.6 Å². The van der Waals surface area contributed by atoms with Crippen LogP contribution in [-0.4, -0.2) is 52.8 Å². The minimum atomic E-state index is -2.39. The molecule has 4 nitrogen and oxygen atoms in total. The molecule has 0 aliphatic heterocycles. The maximum Gasteiger partial charge on any atom is 0.184 e. The number of alkyl halides is 2. The van der Waals surface area contributed by atoms with Crippen molar-refractivity contribution >= 4 is 6.29 Å². The Labute approximate surface area is 67.4 Å². The van der Waals surface area contributed by atoms with Gasteiger partial charge in [-0.3, -0.25) is 0 Å². The molecule has 0 saturated heterocycles. The second-order valence-electron chi connectivity index (χ2n) is 2.27. The van der Waals surface area contributed by atoms with Crippen LogP contribution in [0, 0.1) is 0 Å². The molecule has 0 rings (SSSR count). The highest BCUT2D eigenvalue weighted by molar-refractivity contribution is 5.56. The summed E-state index contributed by atoms with van der Waals surface area (Å²) in [4.78, 5) is 9.72. The number of carbonyl (C=O) groups is 1. The summed E-state index contributed by atoms with van der Waals surface area (Å²) in [6.45, 7) is -0.941. The number of rotatable bonds is 5. The second kappa shape index (κ2) is 5.13. The third-order valence-electron chi connectivity index (χ3n) is 1.34. The highest BCUT2D eigenvalue weighted by Gasteiger charge is 2.32. The summed E-state index contributed by atoms with van der Waals surface area (Å²) < 4.78 is 24.8. The van der Waals surface area contributed by atoms with Crippen LogP contribution in [0.1, 0.15) is 0 Å². The first-order valence-corrected chi connectivity index (χ1v) is 3.25. The van der Waals surface area contributed by atoms with Crippen molar-refractivity contribution in [3.8, 4) is 0 Å². The molecule has 0 aromatic rings. The summed E-state index contributed by atoms with van der Waals surface area (Å²) in [5, 5.41) is 25.4. The van der Waals surface area contributed by atoms with Crippen LogP contribution in [0.4, 0.5) is 8.78 Å². The minimum Gasteiger partial charge on any atom is -0.394 e. The van der Waals surface area contributed by atoms with Crippen molar-refractivity contribution in [1.29, 1.82) is 0 Å².